The number of ether oxygens (including phenoxy) is 1. The van der Waals surface area contributed by atoms with Gasteiger partial charge in [-0.3, -0.25) is 9.80 Å². The zero-order chi connectivity index (χ0) is 18.4. The van der Waals surface area contributed by atoms with Gasteiger partial charge in [0.05, 0.1) is 7.11 Å². The van der Waals surface area contributed by atoms with Gasteiger partial charge in [-0.05, 0) is 30.2 Å². The van der Waals surface area contributed by atoms with Gasteiger partial charge in [-0.25, -0.2) is 0 Å². The van der Waals surface area contributed by atoms with Crippen LogP contribution in [0.25, 0.3) is 0 Å². The molecular formula is C21H28N2O3. The average molecular weight is 356 g/mol. The Bertz CT molecular complexity index is 693. The number of phenolic OH excluding ortho intramolecular Hbond substituents is 1. The summed E-state index contributed by atoms with van der Waals surface area (Å²) in [6.45, 7) is 4.54. The van der Waals surface area contributed by atoms with E-state index >= 15 is 0 Å². The van der Waals surface area contributed by atoms with Gasteiger partial charge in [-0.15, -0.1) is 0 Å². The van der Waals surface area contributed by atoms with Crippen LogP contribution in [0.3, 0.4) is 0 Å². The van der Waals surface area contributed by atoms with Crippen molar-refractivity contribution in [2.45, 2.75) is 25.6 Å². The molecule has 26 heavy (non-hydrogen) atoms. The van der Waals surface area contributed by atoms with Crippen molar-refractivity contribution in [3.8, 4) is 11.5 Å². The molecule has 0 spiro atoms. The summed E-state index contributed by atoms with van der Waals surface area (Å²) < 4.78 is 5.27. The normalized spacial score (nSPS) is 18.8. The minimum Gasteiger partial charge on any atom is -0.508 e. The van der Waals surface area contributed by atoms with Crippen molar-refractivity contribution in [2.75, 3.05) is 33.4 Å². The van der Waals surface area contributed by atoms with Gasteiger partial charge in [0.1, 0.15) is 11.5 Å². The molecule has 0 aliphatic carbocycles. The quantitative estimate of drug-likeness (QED) is 0.798. The minimum atomic E-state index is 0.189. The summed E-state index contributed by atoms with van der Waals surface area (Å²) in [6.07, 6.45) is 0.757. The minimum absolute atomic E-state index is 0.189. The molecule has 1 heterocycles. The van der Waals surface area contributed by atoms with Crippen LogP contribution in [0.4, 0.5) is 0 Å². The standard InChI is InChI=1S/C21H28N2O3/c1-26-20-7-8-21(25)18(13-20)15-22-10-11-23(19(16-22)9-12-24)14-17-5-3-2-4-6-17/h2-8,13,19,24-25H,9-12,14-16H2,1H3/t19-/m1/s1. The Labute approximate surface area is 155 Å². The molecule has 0 radical (unpaired) electrons. The smallest absolute Gasteiger partial charge is 0.120 e. The SMILES string of the molecule is COc1ccc(O)c(CN2CCN(Cc3ccccc3)[C@H](CCO)C2)c1. The molecule has 0 bridgehead atoms. The van der Waals surface area contributed by atoms with Crippen molar-refractivity contribution in [1.82, 2.24) is 9.80 Å². The maximum absolute atomic E-state index is 10.1. The van der Waals surface area contributed by atoms with Crippen molar-refractivity contribution in [1.29, 1.82) is 0 Å². The Morgan fingerprint density at radius 1 is 1.08 bits per heavy atom. The van der Waals surface area contributed by atoms with Crippen LogP contribution in [-0.4, -0.2) is 59.4 Å². The number of aliphatic hydroxyl groups is 1. The van der Waals surface area contributed by atoms with Crippen molar-refractivity contribution in [3.63, 3.8) is 0 Å². The molecule has 2 aromatic carbocycles. The van der Waals surface area contributed by atoms with Crippen molar-refractivity contribution >= 4 is 0 Å². The highest BCUT2D eigenvalue weighted by molar-refractivity contribution is 5.39. The predicted molar refractivity (Wildman–Crippen MR) is 102 cm³/mol. The van der Waals surface area contributed by atoms with Gasteiger partial charge in [0.25, 0.3) is 0 Å². The van der Waals surface area contributed by atoms with Crippen LogP contribution < -0.4 is 4.74 Å². The first-order chi connectivity index (χ1) is 12.7. The molecule has 0 saturated carbocycles. The highest BCUT2D eigenvalue weighted by atomic mass is 16.5. The lowest BCUT2D eigenvalue weighted by Crippen LogP contribution is -2.52. The van der Waals surface area contributed by atoms with Crippen LogP contribution in [-0.2, 0) is 13.1 Å². The zero-order valence-corrected chi connectivity index (χ0v) is 15.3. The second-order valence-electron chi connectivity index (χ2n) is 6.85. The van der Waals surface area contributed by atoms with Gasteiger partial charge in [-0.1, -0.05) is 30.3 Å². The van der Waals surface area contributed by atoms with E-state index in [0.717, 1.165) is 43.9 Å². The van der Waals surface area contributed by atoms with Crippen molar-refractivity contribution in [2.24, 2.45) is 0 Å². The lowest BCUT2D eigenvalue weighted by atomic mass is 10.1. The average Bonchev–Trinajstić information content (AvgIpc) is 2.66. The third-order valence-electron chi connectivity index (χ3n) is 5.06. The molecule has 1 aliphatic rings. The van der Waals surface area contributed by atoms with E-state index in [0.29, 0.717) is 18.3 Å². The monoisotopic (exact) mass is 356 g/mol. The predicted octanol–water partition coefficient (Wildman–Crippen LogP) is 2.47. The Morgan fingerprint density at radius 2 is 1.88 bits per heavy atom. The van der Waals surface area contributed by atoms with E-state index in [9.17, 15) is 10.2 Å². The first-order valence-corrected chi connectivity index (χ1v) is 9.16. The molecule has 3 rings (SSSR count). The van der Waals surface area contributed by atoms with Crippen molar-refractivity contribution in [3.05, 3.63) is 59.7 Å². The van der Waals surface area contributed by atoms with Gasteiger partial charge >= 0.3 is 0 Å². The van der Waals surface area contributed by atoms with E-state index < -0.39 is 0 Å². The van der Waals surface area contributed by atoms with Gasteiger partial charge in [0, 0.05) is 50.9 Å². The summed E-state index contributed by atoms with van der Waals surface area (Å²) >= 11 is 0. The van der Waals surface area contributed by atoms with Crippen LogP contribution in [0.2, 0.25) is 0 Å². The van der Waals surface area contributed by atoms with E-state index in [-0.39, 0.29) is 6.61 Å². The number of methoxy groups -OCH3 is 1. The first kappa shape index (κ1) is 18.7. The summed E-state index contributed by atoms with van der Waals surface area (Å²) in [5.41, 5.74) is 2.18. The maximum Gasteiger partial charge on any atom is 0.120 e. The summed E-state index contributed by atoms with van der Waals surface area (Å²) in [7, 11) is 1.63. The fourth-order valence-corrected chi connectivity index (χ4v) is 3.61. The summed E-state index contributed by atoms with van der Waals surface area (Å²) in [6, 6.07) is 16.1. The van der Waals surface area contributed by atoms with Gasteiger partial charge in [0.2, 0.25) is 0 Å². The largest absolute Gasteiger partial charge is 0.508 e. The Balaban J connectivity index is 1.65. The Kier molecular flexibility index (Phi) is 6.50. The molecule has 1 aliphatic heterocycles. The topological polar surface area (TPSA) is 56.2 Å². The fourth-order valence-electron chi connectivity index (χ4n) is 3.61. The number of piperazine rings is 1. The number of phenols is 1. The second kappa shape index (κ2) is 9.03. The van der Waals surface area contributed by atoms with E-state index in [2.05, 4.69) is 34.1 Å². The Hall–Kier alpha value is -2.08. The van der Waals surface area contributed by atoms with Gasteiger partial charge in [0.15, 0.2) is 0 Å². The Morgan fingerprint density at radius 3 is 2.62 bits per heavy atom. The van der Waals surface area contributed by atoms with E-state index in [4.69, 9.17) is 4.74 Å². The first-order valence-electron chi connectivity index (χ1n) is 9.16. The molecule has 5 nitrogen and oxygen atoms in total. The molecule has 1 atom stereocenters. The molecule has 0 amide bonds. The molecule has 2 aromatic rings. The van der Waals surface area contributed by atoms with Crippen LogP contribution in [0.15, 0.2) is 48.5 Å². The molecule has 140 valence electrons. The number of aromatic hydroxyl groups is 1. The molecule has 5 heteroatoms. The second-order valence-corrected chi connectivity index (χ2v) is 6.85. The van der Waals surface area contributed by atoms with E-state index in [1.54, 1.807) is 19.2 Å². The summed E-state index contributed by atoms with van der Waals surface area (Å²) in [5.74, 6) is 1.06. The van der Waals surface area contributed by atoms with Crippen LogP contribution in [0.5, 0.6) is 11.5 Å². The van der Waals surface area contributed by atoms with Crippen LogP contribution >= 0.6 is 0 Å². The molecular weight excluding hydrogens is 328 g/mol. The number of nitrogens with zero attached hydrogens (tertiary/aromatic N) is 2. The zero-order valence-electron chi connectivity index (χ0n) is 15.3. The van der Waals surface area contributed by atoms with Crippen LogP contribution in [0.1, 0.15) is 17.5 Å². The number of rotatable bonds is 7. The van der Waals surface area contributed by atoms with Crippen molar-refractivity contribution < 1.29 is 14.9 Å². The number of hydrogen-bond donors (Lipinski definition) is 2. The number of benzene rings is 2. The lowest BCUT2D eigenvalue weighted by molar-refractivity contribution is 0.0496. The molecule has 2 N–H and O–H groups in total. The number of hydrogen-bond acceptors (Lipinski definition) is 5. The number of aliphatic hydroxyl groups excluding tert-OH is 1. The van der Waals surface area contributed by atoms with Gasteiger partial charge < -0.3 is 14.9 Å². The third kappa shape index (κ3) is 4.75. The molecule has 0 aromatic heterocycles. The molecule has 1 saturated heterocycles. The molecule has 1 fully saturated rings. The molecule has 0 unspecified atom stereocenters. The van der Waals surface area contributed by atoms with E-state index in [1.165, 1.54) is 5.56 Å². The summed E-state index contributed by atoms with van der Waals surface area (Å²) in [5, 5.41) is 19.6. The van der Waals surface area contributed by atoms with Gasteiger partial charge in [-0.2, -0.15) is 0 Å². The third-order valence-corrected chi connectivity index (χ3v) is 5.06. The fraction of sp³-hybridized carbons (Fsp3) is 0.429. The highest BCUT2D eigenvalue weighted by Gasteiger charge is 2.27. The summed E-state index contributed by atoms with van der Waals surface area (Å²) in [4.78, 5) is 4.80. The highest BCUT2D eigenvalue weighted by Crippen LogP contribution is 2.26. The lowest BCUT2D eigenvalue weighted by Gasteiger charge is -2.41. The maximum atomic E-state index is 10.1. The van der Waals surface area contributed by atoms with Crippen LogP contribution in [0, 0.1) is 0 Å². The van der Waals surface area contributed by atoms with E-state index in [1.807, 2.05) is 12.1 Å².